The molecule has 1 aromatic heterocycles. The molecule has 0 fully saturated rings. The quantitative estimate of drug-likeness (QED) is 0.822. The lowest BCUT2D eigenvalue weighted by Crippen LogP contribution is -2.13. The maximum Gasteiger partial charge on any atom is 0.258 e. The van der Waals surface area contributed by atoms with Crippen molar-refractivity contribution in [2.75, 3.05) is 5.32 Å². The van der Waals surface area contributed by atoms with Crippen molar-refractivity contribution in [3.63, 3.8) is 0 Å². The van der Waals surface area contributed by atoms with Gasteiger partial charge in [-0.2, -0.15) is 0 Å². The van der Waals surface area contributed by atoms with Gasteiger partial charge in [0.05, 0.1) is 17.4 Å². The van der Waals surface area contributed by atoms with E-state index in [1.165, 1.54) is 24.4 Å². The Morgan fingerprint density at radius 3 is 2.72 bits per heavy atom. The lowest BCUT2D eigenvalue weighted by atomic mass is 10.2. The minimum atomic E-state index is -0.797. The molecule has 0 radical (unpaired) electrons. The Labute approximate surface area is 107 Å². The molecule has 0 saturated carbocycles. The van der Waals surface area contributed by atoms with Crippen molar-refractivity contribution in [2.45, 2.75) is 0 Å². The number of aromatic hydroxyl groups is 1. The maximum atomic E-state index is 13.4. The molecule has 0 unspecified atom stereocenters. The number of pyridine rings is 1. The van der Waals surface area contributed by atoms with Crippen LogP contribution in [0.3, 0.4) is 0 Å². The third kappa shape index (κ3) is 2.75. The zero-order chi connectivity index (χ0) is 13.1. The van der Waals surface area contributed by atoms with Gasteiger partial charge >= 0.3 is 0 Å². The van der Waals surface area contributed by atoms with Gasteiger partial charge < -0.3 is 10.4 Å². The molecule has 2 aromatic rings. The third-order valence-electron chi connectivity index (χ3n) is 2.18. The summed E-state index contributed by atoms with van der Waals surface area (Å²) in [5, 5.41) is 11.8. The van der Waals surface area contributed by atoms with Crippen molar-refractivity contribution in [3.05, 3.63) is 53.1 Å². The SMILES string of the molecule is O=C(Nc1ccc(Cl)nc1)c1ccc(O)cc1F. The summed E-state index contributed by atoms with van der Waals surface area (Å²) in [4.78, 5) is 15.5. The van der Waals surface area contributed by atoms with E-state index in [1.807, 2.05) is 0 Å². The van der Waals surface area contributed by atoms with Crippen LogP contribution < -0.4 is 5.32 Å². The number of nitrogens with one attached hydrogen (secondary N) is 1. The summed E-state index contributed by atoms with van der Waals surface area (Å²) >= 11 is 5.60. The van der Waals surface area contributed by atoms with Crippen LogP contribution in [0, 0.1) is 5.82 Å². The minimum absolute atomic E-state index is 0.164. The lowest BCUT2D eigenvalue weighted by molar-refractivity contribution is 0.102. The number of anilines is 1. The van der Waals surface area contributed by atoms with Crippen LogP contribution >= 0.6 is 11.6 Å². The van der Waals surface area contributed by atoms with Crippen molar-refractivity contribution in [1.29, 1.82) is 0 Å². The highest BCUT2D eigenvalue weighted by Gasteiger charge is 2.12. The first-order valence-corrected chi connectivity index (χ1v) is 5.35. The molecule has 0 aliphatic rings. The number of aromatic nitrogens is 1. The van der Waals surface area contributed by atoms with Gasteiger partial charge in [0.2, 0.25) is 0 Å². The highest BCUT2D eigenvalue weighted by atomic mass is 35.5. The molecule has 4 nitrogen and oxygen atoms in total. The highest BCUT2D eigenvalue weighted by molar-refractivity contribution is 6.29. The standard InChI is InChI=1S/C12H8ClFN2O2/c13-11-4-1-7(6-15-11)16-12(18)9-3-2-8(17)5-10(9)14/h1-6,17H,(H,16,18). The zero-order valence-corrected chi connectivity index (χ0v) is 9.78. The van der Waals surface area contributed by atoms with E-state index in [1.54, 1.807) is 6.07 Å². The molecule has 0 aliphatic heterocycles. The Bertz CT molecular complexity index is 587. The fourth-order valence-corrected chi connectivity index (χ4v) is 1.45. The number of carbonyl (C=O) groups is 1. The smallest absolute Gasteiger partial charge is 0.258 e. The summed E-state index contributed by atoms with van der Waals surface area (Å²) < 4.78 is 13.4. The summed E-state index contributed by atoms with van der Waals surface area (Å²) in [5.41, 5.74) is 0.236. The average molecular weight is 267 g/mol. The average Bonchev–Trinajstić information content (AvgIpc) is 2.32. The van der Waals surface area contributed by atoms with Gasteiger partial charge in [0.25, 0.3) is 5.91 Å². The number of hydrogen-bond acceptors (Lipinski definition) is 3. The largest absolute Gasteiger partial charge is 0.508 e. The second-order valence-corrected chi connectivity index (χ2v) is 3.88. The van der Waals surface area contributed by atoms with Crippen LogP contribution in [-0.4, -0.2) is 16.0 Å². The summed E-state index contributed by atoms with van der Waals surface area (Å²) in [5.74, 6) is -1.66. The normalized spacial score (nSPS) is 10.1. The van der Waals surface area contributed by atoms with E-state index >= 15 is 0 Å². The van der Waals surface area contributed by atoms with E-state index < -0.39 is 11.7 Å². The summed E-state index contributed by atoms with van der Waals surface area (Å²) in [6.45, 7) is 0. The van der Waals surface area contributed by atoms with Gasteiger partial charge in [0.15, 0.2) is 0 Å². The molecule has 0 bridgehead atoms. The van der Waals surface area contributed by atoms with Gasteiger partial charge in [-0.15, -0.1) is 0 Å². The predicted octanol–water partition coefficient (Wildman–Crippen LogP) is 2.83. The Balaban J connectivity index is 2.19. The molecule has 1 amide bonds. The summed E-state index contributed by atoms with van der Waals surface area (Å²) in [6, 6.07) is 6.35. The molecular formula is C12H8ClFN2O2. The van der Waals surface area contributed by atoms with Crippen LogP contribution in [0.15, 0.2) is 36.5 Å². The number of rotatable bonds is 2. The van der Waals surface area contributed by atoms with Crippen LogP contribution in [0.5, 0.6) is 5.75 Å². The number of carbonyl (C=O) groups excluding carboxylic acids is 1. The molecule has 18 heavy (non-hydrogen) atoms. The number of nitrogens with zero attached hydrogens (tertiary/aromatic N) is 1. The predicted molar refractivity (Wildman–Crippen MR) is 65.3 cm³/mol. The number of halogens is 2. The van der Waals surface area contributed by atoms with Crippen molar-refractivity contribution in [1.82, 2.24) is 4.98 Å². The molecule has 0 saturated heterocycles. The van der Waals surface area contributed by atoms with Gasteiger partial charge in [-0.1, -0.05) is 11.6 Å². The van der Waals surface area contributed by atoms with Crippen molar-refractivity contribution in [3.8, 4) is 5.75 Å². The van der Waals surface area contributed by atoms with Crippen molar-refractivity contribution < 1.29 is 14.3 Å². The fourth-order valence-electron chi connectivity index (χ4n) is 1.34. The number of amides is 1. The molecule has 1 aromatic carbocycles. The van der Waals surface area contributed by atoms with E-state index in [0.717, 1.165) is 6.07 Å². The van der Waals surface area contributed by atoms with Crippen LogP contribution in [0.1, 0.15) is 10.4 Å². The molecule has 1 heterocycles. The van der Waals surface area contributed by atoms with Crippen molar-refractivity contribution in [2.24, 2.45) is 0 Å². The first-order valence-electron chi connectivity index (χ1n) is 4.97. The second kappa shape index (κ2) is 5.01. The Morgan fingerprint density at radius 1 is 1.33 bits per heavy atom. The van der Waals surface area contributed by atoms with E-state index in [2.05, 4.69) is 10.3 Å². The second-order valence-electron chi connectivity index (χ2n) is 3.49. The molecule has 0 spiro atoms. The molecule has 6 heteroatoms. The number of benzene rings is 1. The zero-order valence-electron chi connectivity index (χ0n) is 9.02. The molecule has 92 valence electrons. The molecule has 0 atom stereocenters. The lowest BCUT2D eigenvalue weighted by Gasteiger charge is -2.06. The van der Waals surface area contributed by atoms with Crippen LogP contribution in [0.25, 0.3) is 0 Å². The molecular weight excluding hydrogens is 259 g/mol. The first kappa shape index (κ1) is 12.3. The van der Waals surface area contributed by atoms with Gasteiger partial charge in [0, 0.05) is 6.07 Å². The molecule has 2 rings (SSSR count). The van der Waals surface area contributed by atoms with Gasteiger partial charge in [-0.05, 0) is 24.3 Å². The van der Waals surface area contributed by atoms with E-state index in [-0.39, 0.29) is 11.3 Å². The number of phenols is 1. The summed E-state index contributed by atoms with van der Waals surface area (Å²) in [6.07, 6.45) is 1.36. The van der Waals surface area contributed by atoms with E-state index in [9.17, 15) is 9.18 Å². The van der Waals surface area contributed by atoms with Crippen LogP contribution in [0.2, 0.25) is 5.15 Å². The van der Waals surface area contributed by atoms with Crippen LogP contribution in [0.4, 0.5) is 10.1 Å². The van der Waals surface area contributed by atoms with Gasteiger partial charge in [-0.25, -0.2) is 9.37 Å². The highest BCUT2D eigenvalue weighted by Crippen LogP contribution is 2.17. The van der Waals surface area contributed by atoms with Crippen molar-refractivity contribution >= 4 is 23.2 Å². The van der Waals surface area contributed by atoms with Crippen LogP contribution in [-0.2, 0) is 0 Å². The first-order chi connectivity index (χ1) is 8.56. The maximum absolute atomic E-state index is 13.4. The van der Waals surface area contributed by atoms with Gasteiger partial charge in [-0.3, -0.25) is 4.79 Å². The number of phenolic OH excluding ortho intramolecular Hbond substituents is 1. The van der Waals surface area contributed by atoms with Gasteiger partial charge in [0.1, 0.15) is 16.7 Å². The summed E-state index contributed by atoms with van der Waals surface area (Å²) in [7, 11) is 0. The Hall–Kier alpha value is -2.14. The molecule has 2 N–H and O–H groups in total. The topological polar surface area (TPSA) is 62.2 Å². The molecule has 0 aliphatic carbocycles. The monoisotopic (exact) mass is 266 g/mol. The van der Waals surface area contributed by atoms with E-state index in [4.69, 9.17) is 16.7 Å². The fraction of sp³-hybridized carbons (Fsp3) is 0. The Morgan fingerprint density at radius 2 is 2.11 bits per heavy atom. The Kier molecular flexibility index (Phi) is 3.43. The van der Waals surface area contributed by atoms with E-state index in [0.29, 0.717) is 10.8 Å². The third-order valence-corrected chi connectivity index (χ3v) is 2.41. The minimum Gasteiger partial charge on any atom is -0.508 e. The number of hydrogen-bond donors (Lipinski definition) is 2.